The number of hydrogen-bond donors (Lipinski definition) is 2. The Bertz CT molecular complexity index is 551. The van der Waals surface area contributed by atoms with E-state index >= 15 is 0 Å². The normalized spacial score (nSPS) is 12.4. The minimum Gasteiger partial charge on any atom is -0.354 e. The molecule has 8 heteroatoms. The van der Waals surface area contributed by atoms with Gasteiger partial charge in [0.05, 0.1) is 0 Å². The number of hydrogen-bond acceptors (Lipinski definition) is 7. The van der Waals surface area contributed by atoms with Gasteiger partial charge in [-0.2, -0.15) is 24.7 Å². The Kier molecular flexibility index (Phi) is 5.02. The Labute approximate surface area is 124 Å². The van der Waals surface area contributed by atoms with E-state index in [4.69, 9.17) is 0 Å². The van der Waals surface area contributed by atoms with E-state index in [1.165, 1.54) is 11.0 Å². The van der Waals surface area contributed by atoms with Crippen molar-refractivity contribution < 1.29 is 0 Å². The lowest BCUT2D eigenvalue weighted by Crippen LogP contribution is -2.21. The highest BCUT2D eigenvalue weighted by atomic mass is 15.4. The summed E-state index contributed by atoms with van der Waals surface area (Å²) in [6.07, 6.45) is 4.05. The Hall–Kier alpha value is -2.25. The molecule has 1 unspecified atom stereocenters. The lowest BCUT2D eigenvalue weighted by molar-refractivity contribution is 0.537. The van der Waals surface area contributed by atoms with Gasteiger partial charge in [-0.3, -0.25) is 0 Å². The summed E-state index contributed by atoms with van der Waals surface area (Å²) >= 11 is 0. The van der Waals surface area contributed by atoms with Crippen molar-refractivity contribution in [3.8, 4) is 5.95 Å². The third-order valence-corrected chi connectivity index (χ3v) is 2.78. The minimum atomic E-state index is 0.283. The van der Waals surface area contributed by atoms with E-state index in [-0.39, 0.29) is 6.04 Å². The van der Waals surface area contributed by atoms with Crippen LogP contribution in [0, 0.1) is 5.92 Å². The van der Waals surface area contributed by atoms with Crippen molar-refractivity contribution in [2.45, 2.75) is 40.2 Å². The maximum Gasteiger partial charge on any atom is 0.258 e. The molecule has 8 nitrogen and oxygen atoms in total. The molecule has 2 heterocycles. The molecule has 2 rings (SSSR count). The molecule has 0 fully saturated rings. The van der Waals surface area contributed by atoms with Gasteiger partial charge < -0.3 is 10.6 Å². The van der Waals surface area contributed by atoms with E-state index in [1.807, 2.05) is 6.92 Å². The first kappa shape index (κ1) is 15.1. The van der Waals surface area contributed by atoms with Crippen LogP contribution in [-0.2, 0) is 0 Å². The molecule has 0 aliphatic rings. The van der Waals surface area contributed by atoms with Crippen LogP contribution in [0.5, 0.6) is 0 Å². The van der Waals surface area contributed by atoms with Gasteiger partial charge >= 0.3 is 0 Å². The fourth-order valence-electron chi connectivity index (χ4n) is 2.07. The Morgan fingerprint density at radius 1 is 1.14 bits per heavy atom. The average molecular weight is 290 g/mol. The zero-order valence-corrected chi connectivity index (χ0v) is 12.9. The van der Waals surface area contributed by atoms with Crippen molar-refractivity contribution in [3.63, 3.8) is 0 Å². The SMILES string of the molecule is CCNc1nc(NC(C)CC(C)C)nc(-n2cncn2)n1. The first-order chi connectivity index (χ1) is 10.1. The van der Waals surface area contributed by atoms with Crippen molar-refractivity contribution >= 4 is 11.9 Å². The average Bonchev–Trinajstić information content (AvgIpc) is 2.91. The van der Waals surface area contributed by atoms with Crippen LogP contribution in [0.4, 0.5) is 11.9 Å². The van der Waals surface area contributed by atoms with Gasteiger partial charge in [0, 0.05) is 12.6 Å². The van der Waals surface area contributed by atoms with Gasteiger partial charge in [-0.05, 0) is 26.2 Å². The number of anilines is 2. The predicted octanol–water partition coefficient (Wildman–Crippen LogP) is 1.73. The molecule has 0 bridgehead atoms. The van der Waals surface area contributed by atoms with Gasteiger partial charge in [0.15, 0.2) is 0 Å². The molecule has 0 amide bonds. The summed E-state index contributed by atoms with van der Waals surface area (Å²) < 4.78 is 1.51. The fourth-order valence-corrected chi connectivity index (χ4v) is 2.07. The smallest absolute Gasteiger partial charge is 0.258 e. The molecule has 0 radical (unpaired) electrons. The molecule has 0 aliphatic heterocycles. The van der Waals surface area contributed by atoms with Gasteiger partial charge in [0.1, 0.15) is 12.7 Å². The summed E-state index contributed by atoms with van der Waals surface area (Å²) in [5.74, 6) is 2.12. The van der Waals surface area contributed by atoms with Crippen LogP contribution in [0.2, 0.25) is 0 Å². The van der Waals surface area contributed by atoms with Crippen LogP contribution in [0.1, 0.15) is 34.1 Å². The summed E-state index contributed by atoms with van der Waals surface area (Å²) in [5, 5.41) is 10.5. The molecule has 0 saturated heterocycles. The van der Waals surface area contributed by atoms with Crippen molar-refractivity contribution in [2.75, 3.05) is 17.2 Å². The van der Waals surface area contributed by atoms with E-state index in [9.17, 15) is 0 Å². The second kappa shape index (κ2) is 6.96. The van der Waals surface area contributed by atoms with Crippen molar-refractivity contribution in [1.82, 2.24) is 29.7 Å². The molecule has 2 aromatic rings. The van der Waals surface area contributed by atoms with E-state index in [2.05, 4.69) is 56.4 Å². The quantitative estimate of drug-likeness (QED) is 0.802. The van der Waals surface area contributed by atoms with E-state index in [0.29, 0.717) is 23.8 Å². The molecular formula is C13H22N8. The molecule has 2 N–H and O–H groups in total. The highest BCUT2D eigenvalue weighted by Gasteiger charge is 2.11. The fraction of sp³-hybridized carbons (Fsp3) is 0.615. The number of rotatable bonds is 7. The zero-order valence-electron chi connectivity index (χ0n) is 12.9. The summed E-state index contributed by atoms with van der Waals surface area (Å²) in [7, 11) is 0. The van der Waals surface area contributed by atoms with Crippen molar-refractivity contribution in [2.24, 2.45) is 5.92 Å². The lowest BCUT2D eigenvalue weighted by atomic mass is 10.1. The molecule has 21 heavy (non-hydrogen) atoms. The summed E-state index contributed by atoms with van der Waals surface area (Å²) in [6, 6.07) is 0.283. The van der Waals surface area contributed by atoms with Crippen molar-refractivity contribution in [3.05, 3.63) is 12.7 Å². The highest BCUT2D eigenvalue weighted by molar-refractivity contribution is 5.38. The third kappa shape index (κ3) is 4.37. The number of nitrogens with zero attached hydrogens (tertiary/aromatic N) is 6. The monoisotopic (exact) mass is 290 g/mol. The van der Waals surface area contributed by atoms with Crippen LogP contribution in [0.25, 0.3) is 5.95 Å². The number of aromatic nitrogens is 6. The maximum absolute atomic E-state index is 4.39. The van der Waals surface area contributed by atoms with Gasteiger partial charge in [-0.15, -0.1) is 0 Å². The van der Waals surface area contributed by atoms with Crippen LogP contribution in [0.15, 0.2) is 12.7 Å². The molecule has 0 spiro atoms. The molecular weight excluding hydrogens is 268 g/mol. The first-order valence-corrected chi connectivity index (χ1v) is 7.20. The van der Waals surface area contributed by atoms with Gasteiger partial charge in [-0.25, -0.2) is 4.98 Å². The highest BCUT2D eigenvalue weighted by Crippen LogP contribution is 2.12. The van der Waals surface area contributed by atoms with E-state index < -0.39 is 0 Å². The predicted molar refractivity (Wildman–Crippen MR) is 81.4 cm³/mol. The first-order valence-electron chi connectivity index (χ1n) is 7.20. The van der Waals surface area contributed by atoms with Crippen LogP contribution in [0.3, 0.4) is 0 Å². The maximum atomic E-state index is 4.39. The molecule has 0 aromatic carbocycles. The molecule has 0 aliphatic carbocycles. The summed E-state index contributed by atoms with van der Waals surface area (Å²) in [6.45, 7) is 9.23. The van der Waals surface area contributed by atoms with Crippen molar-refractivity contribution in [1.29, 1.82) is 0 Å². The minimum absolute atomic E-state index is 0.283. The lowest BCUT2D eigenvalue weighted by Gasteiger charge is -2.16. The zero-order chi connectivity index (χ0) is 15.2. The van der Waals surface area contributed by atoms with Gasteiger partial charge in [0.25, 0.3) is 5.95 Å². The molecule has 1 atom stereocenters. The van der Waals surface area contributed by atoms with E-state index in [0.717, 1.165) is 13.0 Å². The van der Waals surface area contributed by atoms with Crippen LogP contribution < -0.4 is 10.6 Å². The topological polar surface area (TPSA) is 93.4 Å². The molecule has 114 valence electrons. The number of nitrogens with one attached hydrogen (secondary N) is 2. The Morgan fingerprint density at radius 2 is 1.90 bits per heavy atom. The van der Waals surface area contributed by atoms with Gasteiger partial charge in [-0.1, -0.05) is 13.8 Å². The standard InChI is InChI=1S/C13H22N8/c1-5-15-11-18-12(17-10(4)6-9(2)3)20-13(19-11)21-8-14-7-16-21/h7-10H,5-6H2,1-4H3,(H2,15,17,18,19,20). The Morgan fingerprint density at radius 3 is 2.52 bits per heavy atom. The second-order valence-electron chi connectivity index (χ2n) is 5.33. The van der Waals surface area contributed by atoms with Gasteiger partial charge in [0.2, 0.25) is 11.9 Å². The largest absolute Gasteiger partial charge is 0.354 e. The molecule has 0 saturated carbocycles. The van der Waals surface area contributed by atoms with E-state index in [1.54, 1.807) is 6.33 Å². The van der Waals surface area contributed by atoms with Crippen LogP contribution in [-0.4, -0.2) is 42.3 Å². The molecule has 2 aromatic heterocycles. The second-order valence-corrected chi connectivity index (χ2v) is 5.33. The summed E-state index contributed by atoms with van der Waals surface area (Å²) in [5.41, 5.74) is 0. The summed E-state index contributed by atoms with van der Waals surface area (Å²) in [4.78, 5) is 17.0. The Balaban J connectivity index is 2.23. The van der Waals surface area contributed by atoms with Crippen LogP contribution >= 0.6 is 0 Å². The third-order valence-electron chi connectivity index (χ3n) is 2.78.